The minimum Gasteiger partial charge on any atom is -0.463 e. The number of rotatable bonds is 16. The van der Waals surface area contributed by atoms with Gasteiger partial charge in [0.15, 0.2) is 0 Å². The van der Waals surface area contributed by atoms with E-state index in [2.05, 4.69) is 10.6 Å². The van der Waals surface area contributed by atoms with Gasteiger partial charge in [0.05, 0.1) is 24.9 Å². The van der Waals surface area contributed by atoms with Gasteiger partial charge in [-0.15, -0.1) is 0 Å². The van der Waals surface area contributed by atoms with Crippen molar-refractivity contribution in [2.24, 2.45) is 0 Å². The molecule has 4 rings (SSSR count). The molecule has 0 aliphatic carbocycles. The number of aryl methyl sites for hydroxylation is 1. The number of unbranched alkanes of at least 4 members (excludes halogenated alkanes) is 4. The summed E-state index contributed by atoms with van der Waals surface area (Å²) in [6.07, 6.45) is 6.78. The van der Waals surface area contributed by atoms with Crippen molar-refractivity contribution in [3.8, 4) is 5.75 Å². The van der Waals surface area contributed by atoms with Gasteiger partial charge in [0.1, 0.15) is 5.75 Å². The Labute approximate surface area is 237 Å². The summed E-state index contributed by atoms with van der Waals surface area (Å²) in [7, 11) is 0. The fraction of sp³-hybridized carbons (Fsp3) is 0.548. The molecule has 3 amide bonds. The van der Waals surface area contributed by atoms with E-state index >= 15 is 0 Å². The molecule has 0 radical (unpaired) electrons. The number of carbonyl (C=O) groups is 2. The van der Waals surface area contributed by atoms with Gasteiger partial charge in [0, 0.05) is 39.2 Å². The van der Waals surface area contributed by atoms with Gasteiger partial charge in [-0.25, -0.2) is 9.69 Å². The standard InChI is InChI=1S/C31H43N3O6/c1-31(2)39-22-25-19-24(13-14-28(25)40-31)27(35)20-32-15-6-4-3-5-7-16-38-17-9-11-23-10-8-12-26(18-23)34-29(36)21-33-30(34)37/h8,10,12-14,18-19,27,32,35H,3-7,9,11,15-17,20-22H2,1-2H3,(H,33,37)/t27-/m1/s1. The van der Waals surface area contributed by atoms with Gasteiger partial charge in [-0.3, -0.25) is 4.79 Å². The first kappa shape index (κ1) is 30.0. The number of aliphatic hydroxyl groups excluding tert-OH is 1. The Morgan fingerprint density at radius 2 is 1.85 bits per heavy atom. The number of carbonyl (C=O) groups excluding carboxylic acids is 2. The minimum absolute atomic E-state index is 0.0560. The van der Waals surface area contributed by atoms with Gasteiger partial charge in [-0.1, -0.05) is 37.5 Å². The molecule has 2 aromatic carbocycles. The Morgan fingerprint density at radius 3 is 2.67 bits per heavy atom. The van der Waals surface area contributed by atoms with Crippen LogP contribution in [0.15, 0.2) is 42.5 Å². The normalized spacial score (nSPS) is 16.9. The largest absolute Gasteiger partial charge is 0.463 e. The Morgan fingerprint density at radius 1 is 1.05 bits per heavy atom. The molecule has 0 aromatic heterocycles. The van der Waals surface area contributed by atoms with E-state index in [-0.39, 0.29) is 18.5 Å². The van der Waals surface area contributed by atoms with Crippen LogP contribution in [0.2, 0.25) is 0 Å². The van der Waals surface area contributed by atoms with Crippen molar-refractivity contribution in [1.29, 1.82) is 0 Å². The van der Waals surface area contributed by atoms with Crippen molar-refractivity contribution in [1.82, 2.24) is 10.6 Å². The van der Waals surface area contributed by atoms with Gasteiger partial charge < -0.3 is 30.0 Å². The minimum atomic E-state index is -0.614. The molecule has 0 saturated carbocycles. The lowest BCUT2D eigenvalue weighted by molar-refractivity contribution is -0.180. The van der Waals surface area contributed by atoms with Crippen LogP contribution in [0.3, 0.4) is 0 Å². The monoisotopic (exact) mass is 553 g/mol. The fourth-order valence-corrected chi connectivity index (χ4v) is 4.92. The molecule has 1 atom stereocenters. The lowest BCUT2D eigenvalue weighted by Crippen LogP contribution is -2.35. The first-order valence-electron chi connectivity index (χ1n) is 14.4. The molecule has 2 aromatic rings. The van der Waals surface area contributed by atoms with Crippen LogP contribution in [-0.4, -0.2) is 55.7 Å². The highest BCUT2D eigenvalue weighted by atomic mass is 16.7. The molecule has 1 saturated heterocycles. The molecule has 9 nitrogen and oxygen atoms in total. The van der Waals surface area contributed by atoms with Crippen molar-refractivity contribution in [2.45, 2.75) is 77.3 Å². The quantitative estimate of drug-likeness (QED) is 0.206. The predicted molar refractivity (Wildman–Crippen MR) is 153 cm³/mol. The average molecular weight is 554 g/mol. The van der Waals surface area contributed by atoms with E-state index in [1.807, 2.05) is 50.2 Å². The van der Waals surface area contributed by atoms with E-state index in [1.165, 1.54) is 11.3 Å². The van der Waals surface area contributed by atoms with Gasteiger partial charge in [-0.2, -0.15) is 0 Å². The number of urea groups is 1. The average Bonchev–Trinajstić information content (AvgIpc) is 3.28. The molecule has 2 heterocycles. The molecule has 2 aliphatic rings. The number of ether oxygens (including phenoxy) is 3. The van der Waals surface area contributed by atoms with Gasteiger partial charge in [0.25, 0.3) is 5.91 Å². The topological polar surface area (TPSA) is 109 Å². The van der Waals surface area contributed by atoms with Crippen LogP contribution in [0.25, 0.3) is 0 Å². The third-order valence-corrected chi connectivity index (χ3v) is 7.15. The third-order valence-electron chi connectivity index (χ3n) is 7.15. The maximum Gasteiger partial charge on any atom is 0.329 e. The molecule has 3 N–H and O–H groups in total. The van der Waals surface area contributed by atoms with Crippen molar-refractivity contribution < 1.29 is 28.9 Å². The smallest absolute Gasteiger partial charge is 0.329 e. The second kappa shape index (κ2) is 14.6. The highest BCUT2D eigenvalue weighted by molar-refractivity contribution is 6.19. The molecule has 2 aliphatic heterocycles. The van der Waals surface area contributed by atoms with Gasteiger partial charge in [0.2, 0.25) is 5.79 Å². The predicted octanol–water partition coefficient (Wildman–Crippen LogP) is 4.61. The van der Waals surface area contributed by atoms with Crippen LogP contribution >= 0.6 is 0 Å². The van der Waals surface area contributed by atoms with Crippen LogP contribution in [0.4, 0.5) is 10.5 Å². The fourth-order valence-electron chi connectivity index (χ4n) is 4.92. The number of nitrogens with zero attached hydrogens (tertiary/aromatic N) is 1. The number of hydrogen-bond acceptors (Lipinski definition) is 7. The number of fused-ring (bicyclic) bond motifs is 1. The van der Waals surface area contributed by atoms with Crippen molar-refractivity contribution in [2.75, 3.05) is 37.7 Å². The maximum atomic E-state index is 11.9. The number of anilines is 1. The molecule has 0 bridgehead atoms. The highest BCUT2D eigenvalue weighted by Crippen LogP contribution is 2.32. The zero-order valence-corrected chi connectivity index (χ0v) is 23.7. The summed E-state index contributed by atoms with van der Waals surface area (Å²) in [6.45, 7) is 7.20. The molecule has 9 heteroatoms. The SMILES string of the molecule is CC1(C)OCc2cc([C@H](O)CNCCCCCCCOCCCc3cccc(N4C(=O)CNC4=O)c3)ccc2O1. The number of benzene rings is 2. The van der Waals surface area contributed by atoms with E-state index < -0.39 is 11.9 Å². The summed E-state index contributed by atoms with van der Waals surface area (Å²) in [4.78, 5) is 24.9. The van der Waals surface area contributed by atoms with E-state index in [4.69, 9.17) is 14.2 Å². The van der Waals surface area contributed by atoms with Crippen LogP contribution < -0.4 is 20.3 Å². The summed E-state index contributed by atoms with van der Waals surface area (Å²) in [5, 5.41) is 16.5. The Bertz CT molecular complexity index is 1120. The molecule has 40 heavy (non-hydrogen) atoms. The molecule has 0 spiro atoms. The first-order chi connectivity index (χ1) is 19.3. The number of nitrogens with one attached hydrogen (secondary N) is 2. The molecular weight excluding hydrogens is 510 g/mol. The summed E-state index contributed by atoms with van der Waals surface area (Å²) >= 11 is 0. The Hall–Kier alpha value is -2.98. The molecular formula is C31H43N3O6. The Kier molecular flexibility index (Phi) is 10.9. The summed E-state index contributed by atoms with van der Waals surface area (Å²) in [5.74, 6) is -0.0173. The van der Waals surface area contributed by atoms with E-state index in [0.29, 0.717) is 25.4 Å². The zero-order valence-electron chi connectivity index (χ0n) is 23.7. The molecule has 0 unspecified atom stereocenters. The van der Waals surface area contributed by atoms with Crippen LogP contribution in [-0.2, 0) is 27.3 Å². The number of amides is 3. The number of hydrogen-bond donors (Lipinski definition) is 3. The lowest BCUT2D eigenvalue weighted by Gasteiger charge is -2.33. The summed E-state index contributed by atoms with van der Waals surface area (Å²) in [6, 6.07) is 13.0. The lowest BCUT2D eigenvalue weighted by atomic mass is 10.0. The second-order valence-corrected chi connectivity index (χ2v) is 10.9. The van der Waals surface area contributed by atoms with Crippen molar-refractivity contribution in [3.05, 3.63) is 59.2 Å². The van der Waals surface area contributed by atoms with Crippen LogP contribution in [0, 0.1) is 0 Å². The Balaban J connectivity index is 0.981. The summed E-state index contributed by atoms with van der Waals surface area (Å²) in [5.41, 5.74) is 3.55. The van der Waals surface area contributed by atoms with Gasteiger partial charge >= 0.3 is 6.03 Å². The number of imide groups is 1. The third kappa shape index (κ3) is 8.76. The molecule has 218 valence electrons. The van der Waals surface area contributed by atoms with Crippen molar-refractivity contribution in [3.63, 3.8) is 0 Å². The molecule has 1 fully saturated rings. The van der Waals surface area contributed by atoms with Crippen LogP contribution in [0.5, 0.6) is 5.75 Å². The maximum absolute atomic E-state index is 11.9. The number of aliphatic hydroxyl groups is 1. The summed E-state index contributed by atoms with van der Waals surface area (Å²) < 4.78 is 17.3. The zero-order chi connectivity index (χ0) is 28.4. The van der Waals surface area contributed by atoms with Gasteiger partial charge in [-0.05, 0) is 67.6 Å². The van der Waals surface area contributed by atoms with Crippen molar-refractivity contribution >= 4 is 17.6 Å². The first-order valence-corrected chi connectivity index (χ1v) is 14.4. The van der Waals surface area contributed by atoms with Crippen LogP contribution in [0.1, 0.15) is 75.2 Å². The van der Waals surface area contributed by atoms with E-state index in [0.717, 1.165) is 74.1 Å². The second-order valence-electron chi connectivity index (χ2n) is 10.9. The highest BCUT2D eigenvalue weighted by Gasteiger charge is 2.30. The van der Waals surface area contributed by atoms with E-state index in [1.54, 1.807) is 6.07 Å². The van der Waals surface area contributed by atoms with E-state index in [9.17, 15) is 14.7 Å².